The summed E-state index contributed by atoms with van der Waals surface area (Å²) < 4.78 is 10.8. The molecule has 0 aromatic rings. The van der Waals surface area contributed by atoms with E-state index < -0.39 is 54.6 Å². The highest BCUT2D eigenvalue weighted by Crippen LogP contribution is 2.30. The van der Waals surface area contributed by atoms with Gasteiger partial charge in [-0.3, -0.25) is 4.79 Å². The minimum absolute atomic E-state index is 0.152. The lowest BCUT2D eigenvalue weighted by Gasteiger charge is -2.36. The highest BCUT2D eigenvalue weighted by molar-refractivity contribution is 5.73. The first kappa shape index (κ1) is 37.6. The second kappa shape index (κ2) is 17.6. The van der Waals surface area contributed by atoms with Crippen LogP contribution in [-0.4, -0.2) is 69.1 Å². The van der Waals surface area contributed by atoms with Crippen LogP contribution in [0.2, 0.25) is 0 Å². The Kier molecular flexibility index (Phi) is 15.7. The van der Waals surface area contributed by atoms with Gasteiger partial charge in [-0.05, 0) is 26.2 Å². The van der Waals surface area contributed by atoms with Crippen molar-refractivity contribution in [3.8, 4) is 0 Å². The number of primary amides is 1. The number of carbonyl (C=O) groups excluding carboxylic acids is 2. The van der Waals surface area contributed by atoms with E-state index in [1.165, 1.54) is 0 Å². The average Bonchev–Trinajstić information content (AvgIpc) is 2.93. The van der Waals surface area contributed by atoms with Crippen LogP contribution < -0.4 is 5.73 Å². The van der Waals surface area contributed by atoms with Crippen molar-refractivity contribution in [3.63, 3.8) is 0 Å². The van der Waals surface area contributed by atoms with Crippen molar-refractivity contribution in [2.45, 2.75) is 105 Å². The van der Waals surface area contributed by atoms with Gasteiger partial charge in [0.15, 0.2) is 0 Å². The summed E-state index contributed by atoms with van der Waals surface area (Å²) in [5, 5.41) is 42.8. The zero-order chi connectivity index (χ0) is 32.3. The minimum Gasteiger partial charge on any atom is -0.462 e. The molecule has 240 valence electrons. The average molecular weight is 594 g/mol. The Morgan fingerprint density at radius 3 is 2.21 bits per heavy atom. The number of rotatable bonds is 16. The Morgan fingerprint density at radius 2 is 1.64 bits per heavy atom. The molecule has 1 heterocycles. The quantitative estimate of drug-likeness (QED) is 0.101. The van der Waals surface area contributed by atoms with Crippen molar-refractivity contribution in [2.24, 2.45) is 47.2 Å². The molecule has 1 rings (SSSR count). The third-order valence-corrected chi connectivity index (χ3v) is 8.62. The van der Waals surface area contributed by atoms with Gasteiger partial charge in [-0.1, -0.05) is 90.2 Å². The van der Waals surface area contributed by atoms with E-state index in [9.17, 15) is 30.0 Å². The van der Waals surface area contributed by atoms with Crippen LogP contribution in [-0.2, 0) is 14.3 Å². The number of ether oxygens (including phenoxy) is 2. The summed E-state index contributed by atoms with van der Waals surface area (Å²) in [4.78, 5) is 23.5. The minimum atomic E-state index is -0.894. The highest BCUT2D eigenvalue weighted by atomic mass is 16.6. The summed E-state index contributed by atoms with van der Waals surface area (Å²) in [6.45, 7) is 18.5. The molecular formula is C33H55NO8. The lowest BCUT2D eigenvalue weighted by atomic mass is 9.81. The highest BCUT2D eigenvalue weighted by Gasteiger charge is 2.41. The molecule has 13 atom stereocenters. The topological polar surface area (TPSA) is 160 Å². The zero-order valence-electron chi connectivity index (χ0n) is 26.6. The van der Waals surface area contributed by atoms with Crippen LogP contribution in [0.25, 0.3) is 0 Å². The van der Waals surface area contributed by atoms with E-state index in [1.54, 1.807) is 38.2 Å². The first-order valence-electron chi connectivity index (χ1n) is 15.0. The molecule has 0 bridgehead atoms. The van der Waals surface area contributed by atoms with Crippen molar-refractivity contribution in [2.75, 3.05) is 0 Å². The Bertz CT molecular complexity index is 962. The molecule has 9 nitrogen and oxygen atoms in total. The fourth-order valence-corrected chi connectivity index (χ4v) is 5.80. The number of allylic oxidation sites excluding steroid dienone is 3. The summed E-state index contributed by atoms with van der Waals surface area (Å²) in [6.07, 6.45) is 6.04. The number of hydrogen-bond donors (Lipinski definition) is 5. The number of hydrogen-bond acceptors (Lipinski definition) is 8. The lowest BCUT2D eigenvalue weighted by molar-refractivity contribution is -0.179. The first-order valence-corrected chi connectivity index (χ1v) is 15.0. The third-order valence-electron chi connectivity index (χ3n) is 8.62. The molecule has 1 saturated heterocycles. The Hall–Kier alpha value is -2.46. The van der Waals surface area contributed by atoms with E-state index in [4.69, 9.17) is 15.2 Å². The molecule has 1 amide bonds. The van der Waals surface area contributed by atoms with Gasteiger partial charge in [-0.15, -0.1) is 0 Å². The van der Waals surface area contributed by atoms with Crippen molar-refractivity contribution in [3.05, 3.63) is 48.6 Å². The third kappa shape index (κ3) is 11.3. The summed E-state index contributed by atoms with van der Waals surface area (Å²) in [5.74, 6) is -2.52. The molecule has 1 fully saturated rings. The van der Waals surface area contributed by atoms with E-state index in [2.05, 4.69) is 6.58 Å². The van der Waals surface area contributed by atoms with E-state index in [-0.39, 0.29) is 41.9 Å². The van der Waals surface area contributed by atoms with Crippen LogP contribution in [0.3, 0.4) is 0 Å². The molecule has 0 aliphatic carbocycles. The SMILES string of the molecule is C=C/C=C\[C@H](C)[C@H](OC(N)=O)[C@@H](C)[C@H](O)[C@@H](C)C/C(C)=C\[C@H](C)[C@@H](O)[C@@H](C)/C=C\[C@H](O)C[C@H]1OC(=O)[C@H](C)[C@@H](O)[C@H]1C. The van der Waals surface area contributed by atoms with Crippen LogP contribution in [0, 0.1) is 41.4 Å². The molecule has 9 heteroatoms. The monoisotopic (exact) mass is 593 g/mol. The van der Waals surface area contributed by atoms with Gasteiger partial charge in [0.2, 0.25) is 0 Å². The molecule has 0 spiro atoms. The van der Waals surface area contributed by atoms with Gasteiger partial charge >= 0.3 is 12.1 Å². The van der Waals surface area contributed by atoms with Gasteiger partial charge in [0.05, 0.1) is 30.3 Å². The smallest absolute Gasteiger partial charge is 0.404 e. The van der Waals surface area contributed by atoms with Crippen LogP contribution in [0.1, 0.15) is 68.2 Å². The number of aliphatic hydroxyl groups is 4. The zero-order valence-corrected chi connectivity index (χ0v) is 26.6. The lowest BCUT2D eigenvalue weighted by Crippen LogP contribution is -2.47. The largest absolute Gasteiger partial charge is 0.462 e. The molecule has 42 heavy (non-hydrogen) atoms. The predicted molar refractivity (Wildman–Crippen MR) is 164 cm³/mol. The molecule has 6 N–H and O–H groups in total. The number of cyclic esters (lactones) is 1. The predicted octanol–water partition coefficient (Wildman–Crippen LogP) is 4.30. The van der Waals surface area contributed by atoms with Crippen LogP contribution in [0.4, 0.5) is 4.79 Å². The second-order valence-electron chi connectivity index (χ2n) is 12.4. The first-order chi connectivity index (χ1) is 19.5. The van der Waals surface area contributed by atoms with Gasteiger partial charge in [-0.2, -0.15) is 0 Å². The Labute approximate surface area is 252 Å². The van der Waals surface area contributed by atoms with Crippen LogP contribution in [0.15, 0.2) is 48.6 Å². The van der Waals surface area contributed by atoms with E-state index >= 15 is 0 Å². The summed E-state index contributed by atoms with van der Waals surface area (Å²) >= 11 is 0. The molecule has 0 unspecified atom stereocenters. The van der Waals surface area contributed by atoms with Gasteiger partial charge < -0.3 is 35.6 Å². The van der Waals surface area contributed by atoms with Gasteiger partial charge in [0.1, 0.15) is 12.2 Å². The molecule has 0 saturated carbocycles. The number of esters is 1. The molecule has 0 aromatic carbocycles. The number of carbonyl (C=O) groups is 2. The standard InChI is InChI=1S/C33H55NO8/c1-10-11-12-20(4)31(42-33(34)40)24(8)29(37)22(6)16-18(2)15-21(5)28(36)19(3)13-14-26(35)17-27-23(7)30(38)25(9)32(39)41-27/h10-15,19-31,35-38H,1,16-17H2,2-9H3,(H2,34,40)/b12-11-,14-13-,18-15-/t19-,20-,21-,22-,23-,24-,25+,26-,27+,28-,29+,30-,31-/m0/s1. The Morgan fingerprint density at radius 1 is 1.02 bits per heavy atom. The van der Waals surface area contributed by atoms with Gasteiger partial charge in [0, 0.05) is 36.0 Å². The maximum atomic E-state index is 12.0. The summed E-state index contributed by atoms with van der Waals surface area (Å²) in [7, 11) is 0. The summed E-state index contributed by atoms with van der Waals surface area (Å²) in [6, 6.07) is 0. The van der Waals surface area contributed by atoms with Crippen molar-refractivity contribution in [1.29, 1.82) is 0 Å². The van der Waals surface area contributed by atoms with Crippen molar-refractivity contribution < 1.29 is 39.5 Å². The normalized spacial score (nSPS) is 28.3. The van der Waals surface area contributed by atoms with Crippen molar-refractivity contribution in [1.82, 2.24) is 0 Å². The van der Waals surface area contributed by atoms with Gasteiger partial charge in [-0.25, -0.2) is 4.79 Å². The van der Waals surface area contributed by atoms with Crippen molar-refractivity contribution >= 4 is 12.1 Å². The maximum absolute atomic E-state index is 12.0. The van der Waals surface area contributed by atoms with Crippen LogP contribution >= 0.6 is 0 Å². The van der Waals surface area contributed by atoms with E-state index in [1.807, 2.05) is 53.7 Å². The second-order valence-corrected chi connectivity index (χ2v) is 12.4. The maximum Gasteiger partial charge on any atom is 0.404 e. The fraction of sp³-hybridized carbons (Fsp3) is 0.697. The molecule has 0 aromatic heterocycles. The summed E-state index contributed by atoms with van der Waals surface area (Å²) in [5.41, 5.74) is 6.30. The molecule has 0 radical (unpaired) electrons. The molecule has 1 aliphatic rings. The van der Waals surface area contributed by atoms with Crippen LogP contribution in [0.5, 0.6) is 0 Å². The number of nitrogens with two attached hydrogens (primary N) is 1. The fourth-order valence-electron chi connectivity index (χ4n) is 5.80. The van der Waals surface area contributed by atoms with E-state index in [0.29, 0.717) is 6.42 Å². The molecular weight excluding hydrogens is 538 g/mol. The van der Waals surface area contributed by atoms with Gasteiger partial charge in [0.25, 0.3) is 0 Å². The number of aliphatic hydroxyl groups excluding tert-OH is 4. The van der Waals surface area contributed by atoms with E-state index in [0.717, 1.165) is 5.57 Å². The number of amides is 1. The molecule has 1 aliphatic heterocycles. The Balaban J connectivity index is 2.76.